The van der Waals surface area contributed by atoms with Gasteiger partial charge >= 0.3 is 6.09 Å². The molecular formula is C16H23FN2O2. The number of aromatic nitrogens is 1. The first-order chi connectivity index (χ1) is 9.85. The molecular weight excluding hydrogens is 271 g/mol. The van der Waals surface area contributed by atoms with Gasteiger partial charge in [0.15, 0.2) is 0 Å². The molecule has 0 saturated carbocycles. The molecule has 2 rings (SSSR count). The highest BCUT2D eigenvalue weighted by atomic mass is 19.1. The molecule has 0 spiro atoms. The van der Waals surface area contributed by atoms with Crippen molar-refractivity contribution in [2.45, 2.75) is 45.4 Å². The molecule has 2 heterocycles. The lowest BCUT2D eigenvalue weighted by atomic mass is 9.89. The Morgan fingerprint density at radius 2 is 2.10 bits per heavy atom. The lowest BCUT2D eigenvalue weighted by molar-refractivity contribution is 0.00552. The van der Waals surface area contributed by atoms with Crippen LogP contribution in [0.1, 0.15) is 32.8 Å². The Kier molecular flexibility index (Phi) is 4.80. The molecule has 1 aliphatic rings. The SMILES string of the molecule is CC(C)(C)OC(=O)N1CC[C@@H](Cc2ccncc2)[C@H](F)C1. The van der Waals surface area contributed by atoms with Gasteiger partial charge in [0.2, 0.25) is 0 Å². The Bertz CT molecular complexity index is 473. The number of hydrogen-bond acceptors (Lipinski definition) is 3. The number of nitrogens with zero attached hydrogens (tertiary/aromatic N) is 2. The van der Waals surface area contributed by atoms with E-state index < -0.39 is 17.9 Å². The fourth-order valence-corrected chi connectivity index (χ4v) is 2.50. The van der Waals surface area contributed by atoms with Crippen molar-refractivity contribution in [2.75, 3.05) is 13.1 Å². The molecule has 1 aromatic rings. The van der Waals surface area contributed by atoms with Crippen LogP contribution in [0.3, 0.4) is 0 Å². The van der Waals surface area contributed by atoms with Crippen LogP contribution in [0.2, 0.25) is 0 Å². The van der Waals surface area contributed by atoms with Gasteiger partial charge in [-0.15, -0.1) is 0 Å². The third-order valence-corrected chi connectivity index (χ3v) is 3.58. The number of piperidine rings is 1. The quantitative estimate of drug-likeness (QED) is 0.841. The number of pyridine rings is 1. The van der Waals surface area contributed by atoms with E-state index in [1.807, 2.05) is 32.9 Å². The van der Waals surface area contributed by atoms with Gasteiger partial charge in [-0.2, -0.15) is 0 Å². The Hall–Kier alpha value is -1.65. The van der Waals surface area contributed by atoms with Gasteiger partial charge in [-0.3, -0.25) is 4.98 Å². The van der Waals surface area contributed by atoms with E-state index in [2.05, 4.69) is 4.98 Å². The summed E-state index contributed by atoms with van der Waals surface area (Å²) in [6.07, 6.45) is 3.35. The van der Waals surface area contributed by atoms with Crippen molar-refractivity contribution in [1.82, 2.24) is 9.88 Å². The Balaban J connectivity index is 1.89. The molecule has 1 fully saturated rings. The monoisotopic (exact) mass is 294 g/mol. The van der Waals surface area contributed by atoms with E-state index >= 15 is 0 Å². The Morgan fingerprint density at radius 1 is 1.43 bits per heavy atom. The molecule has 4 nitrogen and oxygen atoms in total. The van der Waals surface area contributed by atoms with Gasteiger partial charge in [-0.1, -0.05) is 0 Å². The molecule has 0 bridgehead atoms. The zero-order chi connectivity index (χ0) is 15.5. The maximum absolute atomic E-state index is 14.3. The highest BCUT2D eigenvalue weighted by molar-refractivity contribution is 5.68. The largest absolute Gasteiger partial charge is 0.444 e. The first-order valence-electron chi connectivity index (χ1n) is 7.36. The molecule has 1 aliphatic heterocycles. The molecule has 0 aliphatic carbocycles. The van der Waals surface area contributed by atoms with Gasteiger partial charge in [0, 0.05) is 18.9 Å². The van der Waals surface area contributed by atoms with Crippen LogP contribution in [0.25, 0.3) is 0 Å². The lowest BCUT2D eigenvalue weighted by Crippen LogP contribution is -2.47. The average Bonchev–Trinajstić information content (AvgIpc) is 2.40. The molecule has 1 saturated heterocycles. The van der Waals surface area contributed by atoms with Crippen LogP contribution in [0.5, 0.6) is 0 Å². The maximum Gasteiger partial charge on any atom is 0.410 e. The molecule has 5 heteroatoms. The first-order valence-corrected chi connectivity index (χ1v) is 7.36. The second kappa shape index (κ2) is 6.41. The summed E-state index contributed by atoms with van der Waals surface area (Å²) in [5.41, 5.74) is 0.542. The van der Waals surface area contributed by atoms with Crippen LogP contribution in [0, 0.1) is 5.92 Å². The molecule has 2 atom stereocenters. The predicted molar refractivity (Wildman–Crippen MR) is 78.8 cm³/mol. The summed E-state index contributed by atoms with van der Waals surface area (Å²) in [4.78, 5) is 17.4. The second-order valence-corrected chi connectivity index (χ2v) is 6.55. The number of rotatable bonds is 2. The predicted octanol–water partition coefficient (Wildman–Crippen LogP) is 3.22. The zero-order valence-electron chi connectivity index (χ0n) is 12.9. The minimum atomic E-state index is -1.01. The summed E-state index contributed by atoms with van der Waals surface area (Å²) in [6.45, 7) is 6.10. The standard InChI is InChI=1S/C16H23FN2O2/c1-16(2,3)21-15(20)19-9-6-13(14(17)11-19)10-12-4-7-18-8-5-12/h4-5,7-8,13-14H,6,9-11H2,1-3H3/t13-,14+/m0/s1. The van der Waals surface area contributed by atoms with Crippen LogP contribution >= 0.6 is 0 Å². The number of likely N-dealkylation sites (tertiary alicyclic amines) is 1. The summed E-state index contributed by atoms with van der Waals surface area (Å²) < 4.78 is 19.6. The molecule has 0 radical (unpaired) electrons. The normalized spacial score (nSPS) is 23.0. The molecule has 0 aromatic carbocycles. The van der Waals surface area contributed by atoms with Crippen LogP contribution < -0.4 is 0 Å². The average molecular weight is 294 g/mol. The van der Waals surface area contributed by atoms with Crippen molar-refractivity contribution >= 4 is 6.09 Å². The molecule has 116 valence electrons. The van der Waals surface area contributed by atoms with Crippen molar-refractivity contribution in [2.24, 2.45) is 5.92 Å². The second-order valence-electron chi connectivity index (χ2n) is 6.55. The number of hydrogen-bond donors (Lipinski definition) is 0. The maximum atomic E-state index is 14.3. The van der Waals surface area contributed by atoms with Gasteiger partial charge < -0.3 is 9.64 Å². The summed E-state index contributed by atoms with van der Waals surface area (Å²) in [6, 6.07) is 3.82. The highest BCUT2D eigenvalue weighted by Gasteiger charge is 2.33. The molecule has 1 amide bonds. The molecule has 0 N–H and O–H groups in total. The Labute approximate surface area is 125 Å². The smallest absolute Gasteiger partial charge is 0.410 e. The van der Waals surface area contributed by atoms with Crippen molar-refractivity contribution < 1.29 is 13.9 Å². The third kappa shape index (κ3) is 4.69. The first kappa shape index (κ1) is 15.7. The van der Waals surface area contributed by atoms with E-state index in [1.54, 1.807) is 12.4 Å². The van der Waals surface area contributed by atoms with E-state index in [9.17, 15) is 9.18 Å². The number of halogens is 1. The number of amides is 1. The van der Waals surface area contributed by atoms with E-state index in [4.69, 9.17) is 4.74 Å². The fourth-order valence-electron chi connectivity index (χ4n) is 2.50. The third-order valence-electron chi connectivity index (χ3n) is 3.58. The van der Waals surface area contributed by atoms with Crippen molar-refractivity contribution in [3.63, 3.8) is 0 Å². The summed E-state index contributed by atoms with van der Waals surface area (Å²) >= 11 is 0. The molecule has 1 aromatic heterocycles. The summed E-state index contributed by atoms with van der Waals surface area (Å²) in [5.74, 6) is -0.0499. The molecule has 0 unspecified atom stereocenters. The van der Waals surface area contributed by atoms with E-state index in [-0.39, 0.29) is 12.5 Å². The van der Waals surface area contributed by atoms with Crippen LogP contribution in [-0.2, 0) is 11.2 Å². The topological polar surface area (TPSA) is 42.4 Å². The van der Waals surface area contributed by atoms with Crippen LogP contribution in [-0.4, -0.2) is 40.8 Å². The minimum Gasteiger partial charge on any atom is -0.444 e. The van der Waals surface area contributed by atoms with Gasteiger partial charge in [0.25, 0.3) is 0 Å². The number of carbonyl (C=O) groups is 1. The van der Waals surface area contributed by atoms with E-state index in [0.717, 1.165) is 5.56 Å². The number of alkyl halides is 1. The lowest BCUT2D eigenvalue weighted by Gasteiger charge is -2.35. The summed E-state index contributed by atoms with van der Waals surface area (Å²) in [7, 11) is 0. The minimum absolute atomic E-state index is 0.0499. The van der Waals surface area contributed by atoms with E-state index in [1.165, 1.54) is 4.90 Å². The van der Waals surface area contributed by atoms with Crippen molar-refractivity contribution in [1.29, 1.82) is 0 Å². The number of ether oxygens (including phenoxy) is 1. The van der Waals surface area contributed by atoms with Gasteiger partial charge in [0.1, 0.15) is 11.8 Å². The summed E-state index contributed by atoms with van der Waals surface area (Å²) in [5, 5.41) is 0. The molecule has 21 heavy (non-hydrogen) atoms. The van der Waals surface area contributed by atoms with Crippen molar-refractivity contribution in [3.8, 4) is 0 Å². The van der Waals surface area contributed by atoms with Crippen molar-refractivity contribution in [3.05, 3.63) is 30.1 Å². The highest BCUT2D eigenvalue weighted by Crippen LogP contribution is 2.25. The fraction of sp³-hybridized carbons (Fsp3) is 0.625. The van der Waals surface area contributed by atoms with Crippen LogP contribution in [0.4, 0.5) is 9.18 Å². The van der Waals surface area contributed by atoms with E-state index in [0.29, 0.717) is 19.4 Å². The van der Waals surface area contributed by atoms with Crippen LogP contribution in [0.15, 0.2) is 24.5 Å². The van der Waals surface area contributed by atoms with Gasteiger partial charge in [0.05, 0.1) is 6.54 Å². The van der Waals surface area contributed by atoms with Gasteiger partial charge in [-0.25, -0.2) is 9.18 Å². The zero-order valence-corrected chi connectivity index (χ0v) is 12.9. The van der Waals surface area contributed by atoms with Gasteiger partial charge in [-0.05, 0) is 57.2 Å². The number of carbonyl (C=O) groups excluding carboxylic acids is 1. The Morgan fingerprint density at radius 3 is 2.67 bits per heavy atom.